The Morgan fingerprint density at radius 2 is 1.61 bits per heavy atom. The van der Waals surface area contributed by atoms with E-state index in [9.17, 15) is 22.4 Å². The summed E-state index contributed by atoms with van der Waals surface area (Å²) in [5.41, 5.74) is 1.23. The quantitative estimate of drug-likeness (QED) is 0.296. The summed E-state index contributed by atoms with van der Waals surface area (Å²) in [5.74, 6) is -0.936. The van der Waals surface area contributed by atoms with Gasteiger partial charge in [0.05, 0.1) is 24.8 Å². The first-order chi connectivity index (χ1) is 21.0. The van der Waals surface area contributed by atoms with Crippen LogP contribution in [0, 0.1) is 12.7 Å². The van der Waals surface area contributed by atoms with Gasteiger partial charge in [0.25, 0.3) is 10.0 Å². The molecule has 1 N–H and O–H groups in total. The number of sulfonamides is 1. The van der Waals surface area contributed by atoms with Gasteiger partial charge in [-0.2, -0.15) is 0 Å². The van der Waals surface area contributed by atoms with Crippen molar-refractivity contribution in [2.24, 2.45) is 0 Å². The standard InChI is InChI=1S/C33H40FN3O6S/c1-23-14-17-28(18-15-23)44(40,41)37(27-16-19-30(42-3)31(20-27)43-4)22-32(38)36(21-25-10-8-9-13-29(25)34)24(2)33(39)35-26-11-6-5-7-12-26/h8-10,13-20,24,26H,5-7,11-12,21-22H2,1-4H3,(H,35,39). The van der Waals surface area contributed by atoms with Crippen LogP contribution in [-0.4, -0.2) is 58.0 Å². The molecule has 1 aliphatic carbocycles. The van der Waals surface area contributed by atoms with Gasteiger partial charge < -0.3 is 19.7 Å². The van der Waals surface area contributed by atoms with Crippen molar-refractivity contribution in [3.8, 4) is 11.5 Å². The topological polar surface area (TPSA) is 105 Å². The van der Waals surface area contributed by atoms with E-state index in [0.717, 1.165) is 42.0 Å². The number of halogens is 1. The molecule has 44 heavy (non-hydrogen) atoms. The molecule has 1 saturated carbocycles. The number of hydrogen-bond acceptors (Lipinski definition) is 6. The molecular formula is C33H40FN3O6S. The number of ether oxygens (including phenoxy) is 2. The number of nitrogens with zero attached hydrogens (tertiary/aromatic N) is 2. The van der Waals surface area contributed by atoms with Crippen molar-refractivity contribution in [1.29, 1.82) is 0 Å². The lowest BCUT2D eigenvalue weighted by Gasteiger charge is -2.33. The van der Waals surface area contributed by atoms with Crippen LogP contribution in [0.5, 0.6) is 11.5 Å². The molecule has 9 nitrogen and oxygen atoms in total. The first-order valence-corrected chi connectivity index (χ1v) is 16.1. The van der Waals surface area contributed by atoms with Crippen molar-refractivity contribution in [1.82, 2.24) is 10.2 Å². The van der Waals surface area contributed by atoms with E-state index in [4.69, 9.17) is 9.47 Å². The monoisotopic (exact) mass is 625 g/mol. The molecule has 0 spiro atoms. The molecule has 3 aromatic carbocycles. The summed E-state index contributed by atoms with van der Waals surface area (Å²) < 4.78 is 54.7. The van der Waals surface area contributed by atoms with E-state index in [1.165, 1.54) is 61.6 Å². The number of nitrogens with one attached hydrogen (secondary N) is 1. The van der Waals surface area contributed by atoms with Gasteiger partial charge in [-0.15, -0.1) is 0 Å². The molecule has 11 heteroatoms. The molecule has 1 atom stereocenters. The van der Waals surface area contributed by atoms with Crippen LogP contribution in [0.15, 0.2) is 71.6 Å². The molecule has 0 heterocycles. The Morgan fingerprint density at radius 1 is 0.955 bits per heavy atom. The average Bonchev–Trinajstić information content (AvgIpc) is 3.03. The van der Waals surface area contributed by atoms with Crippen LogP contribution in [0.2, 0.25) is 0 Å². The summed E-state index contributed by atoms with van der Waals surface area (Å²) in [6.45, 7) is 2.54. The van der Waals surface area contributed by atoms with Gasteiger partial charge in [0.2, 0.25) is 11.8 Å². The summed E-state index contributed by atoms with van der Waals surface area (Å²) in [7, 11) is -1.39. The molecule has 0 bridgehead atoms. The Kier molecular flexibility index (Phi) is 10.9. The smallest absolute Gasteiger partial charge is 0.264 e. The molecule has 4 rings (SSSR count). The normalized spacial score (nSPS) is 14.4. The van der Waals surface area contributed by atoms with E-state index in [1.807, 2.05) is 6.92 Å². The molecule has 1 unspecified atom stereocenters. The Bertz CT molecular complexity index is 1560. The van der Waals surface area contributed by atoms with Crippen LogP contribution in [0.4, 0.5) is 10.1 Å². The number of amides is 2. The van der Waals surface area contributed by atoms with E-state index >= 15 is 0 Å². The fourth-order valence-corrected chi connectivity index (χ4v) is 6.71. The zero-order chi connectivity index (χ0) is 31.9. The third kappa shape index (κ3) is 7.68. The Hall–Kier alpha value is -4.12. The molecule has 0 aromatic heterocycles. The van der Waals surface area contributed by atoms with E-state index in [1.54, 1.807) is 31.2 Å². The minimum atomic E-state index is -4.28. The second-order valence-corrected chi connectivity index (χ2v) is 12.9. The molecule has 3 aromatic rings. The molecular weight excluding hydrogens is 585 g/mol. The number of carbonyl (C=O) groups excluding carboxylic acids is 2. The van der Waals surface area contributed by atoms with E-state index in [2.05, 4.69) is 5.32 Å². The van der Waals surface area contributed by atoms with E-state index in [0.29, 0.717) is 5.75 Å². The molecule has 0 saturated heterocycles. The van der Waals surface area contributed by atoms with Crippen molar-refractivity contribution < 1.29 is 31.9 Å². The molecule has 2 amide bonds. The molecule has 1 aliphatic rings. The van der Waals surface area contributed by atoms with Crippen LogP contribution in [0.25, 0.3) is 0 Å². The molecule has 236 valence electrons. The molecule has 1 fully saturated rings. The lowest BCUT2D eigenvalue weighted by molar-refractivity contribution is -0.139. The predicted octanol–water partition coefficient (Wildman–Crippen LogP) is 5.21. The number of methoxy groups -OCH3 is 2. The summed E-state index contributed by atoms with van der Waals surface area (Å²) in [5, 5.41) is 3.04. The predicted molar refractivity (Wildman–Crippen MR) is 167 cm³/mol. The fraction of sp³-hybridized carbons (Fsp3) is 0.394. The van der Waals surface area contributed by atoms with Crippen molar-refractivity contribution >= 4 is 27.5 Å². The number of carbonyl (C=O) groups is 2. The molecule has 0 radical (unpaired) electrons. The van der Waals surface area contributed by atoms with E-state index in [-0.39, 0.29) is 40.4 Å². The maximum Gasteiger partial charge on any atom is 0.264 e. The van der Waals surface area contributed by atoms with Crippen LogP contribution in [0.1, 0.15) is 50.2 Å². The van der Waals surface area contributed by atoms with Gasteiger partial charge in [0.1, 0.15) is 18.4 Å². The highest BCUT2D eigenvalue weighted by Gasteiger charge is 2.34. The minimum Gasteiger partial charge on any atom is -0.493 e. The van der Waals surface area contributed by atoms with Crippen molar-refractivity contribution in [2.45, 2.75) is 69.5 Å². The van der Waals surface area contributed by atoms with Crippen LogP contribution in [-0.2, 0) is 26.2 Å². The summed E-state index contributed by atoms with van der Waals surface area (Å²) in [6, 6.07) is 15.8. The van der Waals surface area contributed by atoms with Crippen LogP contribution >= 0.6 is 0 Å². The van der Waals surface area contributed by atoms with E-state index < -0.39 is 34.3 Å². The highest BCUT2D eigenvalue weighted by atomic mass is 32.2. The second kappa shape index (κ2) is 14.6. The van der Waals surface area contributed by atoms with Gasteiger partial charge in [-0.25, -0.2) is 12.8 Å². The number of aryl methyl sites for hydroxylation is 1. The summed E-state index contributed by atoms with van der Waals surface area (Å²) >= 11 is 0. The third-order valence-corrected chi connectivity index (χ3v) is 9.75. The Morgan fingerprint density at radius 3 is 2.25 bits per heavy atom. The SMILES string of the molecule is COc1ccc(N(CC(=O)N(Cc2ccccc2F)C(C)C(=O)NC2CCCCC2)S(=O)(=O)c2ccc(C)cc2)cc1OC. The van der Waals surface area contributed by atoms with Gasteiger partial charge in [-0.05, 0) is 57.0 Å². The Labute approximate surface area is 259 Å². The van der Waals surface area contributed by atoms with Gasteiger partial charge in [0.15, 0.2) is 11.5 Å². The molecule has 0 aliphatic heterocycles. The lowest BCUT2D eigenvalue weighted by atomic mass is 9.95. The van der Waals surface area contributed by atoms with Crippen molar-refractivity contribution in [2.75, 3.05) is 25.1 Å². The van der Waals surface area contributed by atoms with Gasteiger partial charge >= 0.3 is 0 Å². The van der Waals surface area contributed by atoms with Gasteiger partial charge in [-0.3, -0.25) is 13.9 Å². The number of benzene rings is 3. The summed E-state index contributed by atoms with van der Waals surface area (Å²) in [6.07, 6.45) is 4.83. The first kappa shape index (κ1) is 32.8. The average molecular weight is 626 g/mol. The van der Waals surface area contributed by atoms with Crippen LogP contribution < -0.4 is 19.1 Å². The van der Waals surface area contributed by atoms with Crippen LogP contribution in [0.3, 0.4) is 0 Å². The first-order valence-electron chi connectivity index (χ1n) is 14.7. The zero-order valence-corrected chi connectivity index (χ0v) is 26.4. The Balaban J connectivity index is 1.73. The zero-order valence-electron chi connectivity index (χ0n) is 25.6. The number of anilines is 1. The maximum absolute atomic E-state index is 14.8. The van der Waals surface area contributed by atoms with Gasteiger partial charge in [0, 0.05) is 24.2 Å². The van der Waals surface area contributed by atoms with Crippen molar-refractivity contribution in [3.63, 3.8) is 0 Å². The summed E-state index contributed by atoms with van der Waals surface area (Å²) in [4.78, 5) is 28.8. The van der Waals surface area contributed by atoms with Crippen molar-refractivity contribution in [3.05, 3.63) is 83.7 Å². The largest absolute Gasteiger partial charge is 0.493 e. The fourth-order valence-electron chi connectivity index (χ4n) is 5.31. The number of hydrogen-bond donors (Lipinski definition) is 1. The third-order valence-electron chi connectivity index (χ3n) is 7.96. The maximum atomic E-state index is 14.8. The second-order valence-electron chi connectivity index (χ2n) is 11.0. The highest BCUT2D eigenvalue weighted by molar-refractivity contribution is 7.92. The highest BCUT2D eigenvalue weighted by Crippen LogP contribution is 2.34. The van der Waals surface area contributed by atoms with Gasteiger partial charge in [-0.1, -0.05) is 55.2 Å². The number of rotatable bonds is 12. The lowest BCUT2D eigenvalue weighted by Crippen LogP contribution is -2.53. The minimum absolute atomic E-state index is 0.00529.